The lowest BCUT2D eigenvalue weighted by molar-refractivity contribution is -0.142. The molecule has 1 aliphatic heterocycles. The van der Waals surface area contributed by atoms with Crippen molar-refractivity contribution < 1.29 is 9.90 Å². The third-order valence-corrected chi connectivity index (χ3v) is 3.33. The number of aryl methyl sites for hydroxylation is 1. The Morgan fingerprint density at radius 3 is 2.76 bits per heavy atom. The monoisotopic (exact) mass is 235 g/mol. The average molecular weight is 235 g/mol. The van der Waals surface area contributed by atoms with Crippen LogP contribution < -0.4 is 10.6 Å². The van der Waals surface area contributed by atoms with Crippen molar-refractivity contribution in [3.8, 4) is 0 Å². The molecule has 92 valence electrons. The number of rotatable bonds is 2. The maximum Gasteiger partial charge on any atom is 0.306 e. The van der Waals surface area contributed by atoms with Gasteiger partial charge in [-0.1, -0.05) is 0 Å². The average Bonchev–Trinajstić information content (AvgIpc) is 2.33. The standard InChI is InChI=1S/C12H17N3O2/c1-8-2-5-14-11(10(8)13)15-6-3-9(4-7-15)12(16)17/h2,5,9H,3-4,6-7,13H2,1H3,(H,16,17). The zero-order chi connectivity index (χ0) is 12.4. The first-order valence-electron chi connectivity index (χ1n) is 5.78. The number of carboxylic acid groups (broad SMARTS) is 1. The van der Waals surface area contributed by atoms with Crippen molar-refractivity contribution in [1.82, 2.24) is 4.98 Å². The number of piperidine rings is 1. The van der Waals surface area contributed by atoms with E-state index < -0.39 is 5.97 Å². The fourth-order valence-electron chi connectivity index (χ4n) is 2.15. The Morgan fingerprint density at radius 2 is 2.18 bits per heavy atom. The quantitative estimate of drug-likeness (QED) is 0.807. The first kappa shape index (κ1) is 11.7. The Bertz CT molecular complexity index is 426. The van der Waals surface area contributed by atoms with Crippen LogP contribution in [0.15, 0.2) is 12.3 Å². The van der Waals surface area contributed by atoms with Gasteiger partial charge in [0.15, 0.2) is 5.82 Å². The van der Waals surface area contributed by atoms with Crippen LogP contribution in [0, 0.1) is 12.8 Å². The zero-order valence-electron chi connectivity index (χ0n) is 9.89. The lowest BCUT2D eigenvalue weighted by atomic mass is 9.97. The fraction of sp³-hybridized carbons (Fsp3) is 0.500. The van der Waals surface area contributed by atoms with E-state index in [9.17, 15) is 4.79 Å². The fourth-order valence-corrected chi connectivity index (χ4v) is 2.15. The van der Waals surface area contributed by atoms with E-state index in [0.29, 0.717) is 31.6 Å². The summed E-state index contributed by atoms with van der Waals surface area (Å²) in [5, 5.41) is 8.93. The van der Waals surface area contributed by atoms with Gasteiger partial charge in [-0.3, -0.25) is 4.79 Å². The summed E-state index contributed by atoms with van der Waals surface area (Å²) in [5.74, 6) is -0.138. The van der Waals surface area contributed by atoms with E-state index in [0.717, 1.165) is 11.4 Å². The van der Waals surface area contributed by atoms with Gasteiger partial charge < -0.3 is 15.7 Å². The number of hydrogen-bond donors (Lipinski definition) is 2. The first-order valence-corrected chi connectivity index (χ1v) is 5.78. The van der Waals surface area contributed by atoms with Crippen molar-refractivity contribution in [3.63, 3.8) is 0 Å². The van der Waals surface area contributed by atoms with Crippen molar-refractivity contribution in [3.05, 3.63) is 17.8 Å². The minimum atomic E-state index is -0.699. The molecule has 17 heavy (non-hydrogen) atoms. The predicted molar refractivity (Wildman–Crippen MR) is 66.0 cm³/mol. The van der Waals surface area contributed by atoms with Crippen LogP contribution in [-0.4, -0.2) is 29.1 Å². The van der Waals surface area contributed by atoms with Crippen LogP contribution in [0.5, 0.6) is 0 Å². The molecular weight excluding hydrogens is 218 g/mol. The Labute approximate surface area is 100 Å². The van der Waals surface area contributed by atoms with Gasteiger partial charge in [-0.25, -0.2) is 4.98 Å². The molecule has 0 radical (unpaired) electrons. The van der Waals surface area contributed by atoms with Crippen molar-refractivity contribution in [2.24, 2.45) is 5.92 Å². The number of anilines is 2. The second kappa shape index (κ2) is 4.61. The highest BCUT2D eigenvalue weighted by Crippen LogP contribution is 2.27. The molecule has 1 fully saturated rings. The number of carbonyl (C=O) groups is 1. The van der Waals surface area contributed by atoms with Crippen molar-refractivity contribution >= 4 is 17.5 Å². The largest absolute Gasteiger partial charge is 0.481 e. The van der Waals surface area contributed by atoms with E-state index in [1.807, 2.05) is 13.0 Å². The predicted octanol–water partition coefficient (Wildman–Crippen LogP) is 1.27. The molecule has 0 bridgehead atoms. The van der Waals surface area contributed by atoms with Crippen LogP contribution in [0.3, 0.4) is 0 Å². The Kier molecular flexibility index (Phi) is 3.17. The maximum atomic E-state index is 10.9. The van der Waals surface area contributed by atoms with Crippen LogP contribution >= 0.6 is 0 Å². The molecule has 1 aliphatic rings. The third-order valence-electron chi connectivity index (χ3n) is 3.33. The maximum absolute atomic E-state index is 10.9. The van der Waals surface area contributed by atoms with Gasteiger partial charge in [0.2, 0.25) is 0 Å². The van der Waals surface area contributed by atoms with Crippen LogP contribution in [0.25, 0.3) is 0 Å². The number of aromatic nitrogens is 1. The second-order valence-corrected chi connectivity index (χ2v) is 4.46. The van der Waals surface area contributed by atoms with E-state index in [1.54, 1.807) is 6.20 Å². The molecule has 2 heterocycles. The van der Waals surface area contributed by atoms with Crippen molar-refractivity contribution in [1.29, 1.82) is 0 Å². The molecule has 0 unspecified atom stereocenters. The molecule has 0 spiro atoms. The van der Waals surface area contributed by atoms with Gasteiger partial charge in [-0.05, 0) is 31.4 Å². The second-order valence-electron chi connectivity index (χ2n) is 4.46. The van der Waals surface area contributed by atoms with Gasteiger partial charge in [-0.2, -0.15) is 0 Å². The lowest BCUT2D eigenvalue weighted by Crippen LogP contribution is -2.37. The minimum Gasteiger partial charge on any atom is -0.481 e. The number of nitrogens with zero attached hydrogens (tertiary/aromatic N) is 2. The van der Waals surface area contributed by atoms with Crippen molar-refractivity contribution in [2.45, 2.75) is 19.8 Å². The van der Waals surface area contributed by atoms with Crippen LogP contribution in [0.2, 0.25) is 0 Å². The molecule has 0 aliphatic carbocycles. The Morgan fingerprint density at radius 1 is 1.53 bits per heavy atom. The van der Waals surface area contributed by atoms with E-state index in [-0.39, 0.29) is 5.92 Å². The van der Waals surface area contributed by atoms with Gasteiger partial charge in [0.1, 0.15) is 0 Å². The minimum absolute atomic E-state index is 0.225. The van der Waals surface area contributed by atoms with Gasteiger partial charge in [0.05, 0.1) is 11.6 Å². The van der Waals surface area contributed by atoms with Gasteiger partial charge in [0.25, 0.3) is 0 Å². The van der Waals surface area contributed by atoms with Gasteiger partial charge in [-0.15, -0.1) is 0 Å². The molecule has 3 N–H and O–H groups in total. The molecule has 5 nitrogen and oxygen atoms in total. The number of nitrogen functional groups attached to an aromatic ring is 1. The number of aliphatic carboxylic acids is 1. The third kappa shape index (κ3) is 2.33. The summed E-state index contributed by atoms with van der Waals surface area (Å²) in [7, 11) is 0. The molecule has 1 aromatic rings. The highest BCUT2D eigenvalue weighted by molar-refractivity contribution is 5.71. The van der Waals surface area contributed by atoms with E-state index in [1.165, 1.54) is 0 Å². The summed E-state index contributed by atoms with van der Waals surface area (Å²) < 4.78 is 0. The summed E-state index contributed by atoms with van der Waals surface area (Å²) in [5.41, 5.74) is 7.69. The number of carboxylic acids is 1. The summed E-state index contributed by atoms with van der Waals surface area (Å²) in [6.45, 7) is 3.36. The Balaban J connectivity index is 2.10. The lowest BCUT2D eigenvalue weighted by Gasteiger charge is -2.31. The summed E-state index contributed by atoms with van der Waals surface area (Å²) in [6.07, 6.45) is 3.05. The SMILES string of the molecule is Cc1ccnc(N2CCC(C(=O)O)CC2)c1N. The highest BCUT2D eigenvalue weighted by atomic mass is 16.4. The molecule has 1 saturated heterocycles. The van der Waals surface area contributed by atoms with E-state index in [2.05, 4.69) is 9.88 Å². The highest BCUT2D eigenvalue weighted by Gasteiger charge is 2.25. The van der Waals surface area contributed by atoms with Crippen LogP contribution in [0.1, 0.15) is 18.4 Å². The molecule has 0 atom stereocenters. The molecule has 0 amide bonds. The van der Waals surface area contributed by atoms with Crippen LogP contribution in [-0.2, 0) is 4.79 Å². The van der Waals surface area contributed by atoms with Crippen molar-refractivity contribution in [2.75, 3.05) is 23.7 Å². The molecular formula is C12H17N3O2. The molecule has 5 heteroatoms. The zero-order valence-corrected chi connectivity index (χ0v) is 9.89. The normalized spacial score (nSPS) is 17.1. The van der Waals surface area contributed by atoms with E-state index >= 15 is 0 Å². The van der Waals surface area contributed by atoms with Crippen LogP contribution in [0.4, 0.5) is 11.5 Å². The van der Waals surface area contributed by atoms with E-state index in [4.69, 9.17) is 10.8 Å². The summed E-state index contributed by atoms with van der Waals surface area (Å²) in [6, 6.07) is 1.88. The Hall–Kier alpha value is -1.78. The van der Waals surface area contributed by atoms with Gasteiger partial charge >= 0.3 is 5.97 Å². The smallest absolute Gasteiger partial charge is 0.306 e. The number of hydrogen-bond acceptors (Lipinski definition) is 4. The molecule has 0 aromatic carbocycles. The van der Waals surface area contributed by atoms with Gasteiger partial charge in [0, 0.05) is 19.3 Å². The number of pyridine rings is 1. The molecule has 0 saturated carbocycles. The summed E-state index contributed by atoms with van der Waals surface area (Å²) >= 11 is 0. The topological polar surface area (TPSA) is 79.5 Å². The molecule has 1 aromatic heterocycles. The summed E-state index contributed by atoms with van der Waals surface area (Å²) in [4.78, 5) is 17.2. The number of nitrogens with two attached hydrogens (primary N) is 1. The molecule has 2 rings (SSSR count). The first-order chi connectivity index (χ1) is 8.09.